The number of phenolic OH excluding ortho intramolecular Hbond substituents is 1. The Morgan fingerprint density at radius 1 is 1.05 bits per heavy atom. The quantitative estimate of drug-likeness (QED) is 0.270. The molecular weight excluding hydrogens is 499 g/mol. The second-order valence-electron chi connectivity index (χ2n) is 9.52. The van der Waals surface area contributed by atoms with Gasteiger partial charge in [-0.2, -0.15) is 9.78 Å². The fourth-order valence-electron chi connectivity index (χ4n) is 4.91. The van der Waals surface area contributed by atoms with E-state index in [1.807, 2.05) is 6.07 Å². The molecule has 9 heteroatoms. The average Bonchev–Trinajstić information content (AvgIpc) is 3.63. The highest BCUT2D eigenvalue weighted by Crippen LogP contribution is 2.38. The third kappa shape index (κ3) is 5.77. The van der Waals surface area contributed by atoms with Crippen LogP contribution >= 0.6 is 0 Å². The van der Waals surface area contributed by atoms with Gasteiger partial charge < -0.3 is 20.5 Å². The first kappa shape index (κ1) is 26.0. The molecule has 1 aliphatic carbocycles. The van der Waals surface area contributed by atoms with Gasteiger partial charge >= 0.3 is 6.03 Å². The Labute approximate surface area is 225 Å². The Kier molecular flexibility index (Phi) is 7.58. The summed E-state index contributed by atoms with van der Waals surface area (Å²) < 4.78 is 19.8. The van der Waals surface area contributed by atoms with Gasteiger partial charge in [0.15, 0.2) is 0 Å². The number of anilines is 1. The zero-order valence-electron chi connectivity index (χ0n) is 21.5. The van der Waals surface area contributed by atoms with Crippen molar-refractivity contribution in [3.63, 3.8) is 0 Å². The summed E-state index contributed by atoms with van der Waals surface area (Å²) in [4.78, 5) is 25.9. The summed E-state index contributed by atoms with van der Waals surface area (Å²) in [6.07, 6.45) is 4.06. The maximum absolute atomic E-state index is 13.2. The zero-order chi connectivity index (χ0) is 27.4. The summed E-state index contributed by atoms with van der Waals surface area (Å²) in [5, 5.41) is 21.0. The van der Waals surface area contributed by atoms with E-state index in [0.29, 0.717) is 28.3 Å². The monoisotopic (exact) mass is 528 g/mol. The van der Waals surface area contributed by atoms with Crippen LogP contribution in [0.1, 0.15) is 53.2 Å². The van der Waals surface area contributed by atoms with Gasteiger partial charge in [-0.25, -0.2) is 9.18 Å². The molecule has 5 rings (SSSR count). The minimum absolute atomic E-state index is 0.0813. The molecule has 1 aliphatic rings. The largest absolute Gasteiger partial charge is 0.507 e. The van der Waals surface area contributed by atoms with Crippen molar-refractivity contribution in [3.05, 3.63) is 95.4 Å². The number of halogens is 1. The van der Waals surface area contributed by atoms with Crippen molar-refractivity contribution in [1.82, 2.24) is 15.1 Å². The highest BCUT2D eigenvalue weighted by atomic mass is 19.1. The fourth-order valence-corrected chi connectivity index (χ4v) is 4.91. The fraction of sp³-hybridized carbons (Fsp3) is 0.233. The molecule has 200 valence electrons. The van der Waals surface area contributed by atoms with Crippen LogP contribution in [0.15, 0.2) is 72.8 Å². The Hall–Kier alpha value is -4.66. The van der Waals surface area contributed by atoms with Gasteiger partial charge in [0.2, 0.25) is 0 Å². The Balaban J connectivity index is 1.37. The third-order valence-electron chi connectivity index (χ3n) is 6.94. The van der Waals surface area contributed by atoms with Gasteiger partial charge in [0, 0.05) is 29.8 Å². The highest BCUT2D eigenvalue weighted by Gasteiger charge is 2.26. The molecule has 1 saturated carbocycles. The lowest BCUT2D eigenvalue weighted by molar-refractivity contribution is 0.102. The lowest BCUT2D eigenvalue weighted by Crippen LogP contribution is -2.30. The van der Waals surface area contributed by atoms with E-state index in [9.17, 15) is 19.1 Å². The number of nitrogens with zero attached hydrogens (tertiary/aromatic N) is 2. The van der Waals surface area contributed by atoms with E-state index in [1.165, 1.54) is 30.0 Å². The molecular formula is C30H29FN4O4. The molecule has 1 aromatic heterocycles. The number of benzene rings is 3. The number of aromatic hydroxyl groups is 1. The number of hydrogen-bond donors (Lipinski definition) is 3. The smallest absolute Gasteiger partial charge is 0.342 e. The summed E-state index contributed by atoms with van der Waals surface area (Å²) in [7, 11) is 1.49. The number of phenols is 1. The van der Waals surface area contributed by atoms with Crippen molar-refractivity contribution in [2.45, 2.75) is 38.1 Å². The molecule has 2 amide bonds. The molecule has 0 spiro atoms. The second-order valence-corrected chi connectivity index (χ2v) is 9.52. The average molecular weight is 529 g/mol. The summed E-state index contributed by atoms with van der Waals surface area (Å²) in [6.45, 7) is 0.226. The minimum atomic E-state index is -0.396. The molecule has 4 aromatic rings. The van der Waals surface area contributed by atoms with Crippen molar-refractivity contribution in [2.75, 3.05) is 12.4 Å². The van der Waals surface area contributed by atoms with Gasteiger partial charge in [0.1, 0.15) is 17.3 Å². The lowest BCUT2D eigenvalue weighted by atomic mass is 10.0. The van der Waals surface area contributed by atoms with Crippen molar-refractivity contribution >= 4 is 17.6 Å². The molecule has 0 unspecified atom stereocenters. The van der Waals surface area contributed by atoms with Crippen LogP contribution in [0.3, 0.4) is 0 Å². The first-order valence-corrected chi connectivity index (χ1v) is 12.8. The van der Waals surface area contributed by atoms with E-state index in [1.54, 1.807) is 48.5 Å². The number of methoxy groups -OCH3 is 1. The lowest BCUT2D eigenvalue weighted by Gasteiger charge is -2.12. The summed E-state index contributed by atoms with van der Waals surface area (Å²) >= 11 is 0. The van der Waals surface area contributed by atoms with Crippen LogP contribution in [0.2, 0.25) is 0 Å². The normalized spacial score (nSPS) is 13.3. The summed E-state index contributed by atoms with van der Waals surface area (Å²) in [5.41, 5.74) is 3.22. The first-order valence-electron chi connectivity index (χ1n) is 12.8. The molecule has 8 nitrogen and oxygen atoms in total. The van der Waals surface area contributed by atoms with E-state index in [0.717, 1.165) is 36.9 Å². The van der Waals surface area contributed by atoms with Gasteiger partial charge in [0.05, 0.1) is 24.1 Å². The van der Waals surface area contributed by atoms with E-state index in [-0.39, 0.29) is 29.9 Å². The Bertz CT molecular complexity index is 1490. The number of rotatable bonds is 7. The van der Waals surface area contributed by atoms with Crippen LogP contribution in [-0.2, 0) is 6.54 Å². The van der Waals surface area contributed by atoms with Gasteiger partial charge in [0.25, 0.3) is 5.91 Å². The maximum Gasteiger partial charge on any atom is 0.342 e. The van der Waals surface area contributed by atoms with Crippen LogP contribution in [0, 0.1) is 5.82 Å². The van der Waals surface area contributed by atoms with Crippen molar-refractivity contribution < 1.29 is 23.8 Å². The molecule has 0 aliphatic heterocycles. The number of para-hydroxylation sites is 1. The number of amides is 2. The van der Waals surface area contributed by atoms with Crippen LogP contribution in [0.4, 0.5) is 14.9 Å². The SMILES string of the molecule is COc1ccccc1C(=O)Nc1ccc(-c2cc(C3CCCC3)n(C(=O)NCc3ccc(F)cc3)n2)c(O)c1. The van der Waals surface area contributed by atoms with Crippen LogP contribution in [0.5, 0.6) is 11.5 Å². The van der Waals surface area contributed by atoms with Crippen LogP contribution in [-0.4, -0.2) is 33.9 Å². The van der Waals surface area contributed by atoms with Crippen LogP contribution < -0.4 is 15.4 Å². The molecule has 0 saturated heterocycles. The first-order chi connectivity index (χ1) is 18.9. The number of nitrogens with one attached hydrogen (secondary N) is 2. The predicted molar refractivity (Wildman–Crippen MR) is 146 cm³/mol. The number of hydrogen-bond acceptors (Lipinski definition) is 5. The number of carbonyl (C=O) groups excluding carboxylic acids is 2. The maximum atomic E-state index is 13.2. The Morgan fingerprint density at radius 3 is 2.51 bits per heavy atom. The van der Waals surface area contributed by atoms with E-state index in [2.05, 4.69) is 15.7 Å². The molecule has 0 radical (unpaired) electrons. The summed E-state index contributed by atoms with van der Waals surface area (Å²) in [5.74, 6) is -0.161. The number of aromatic nitrogens is 2. The van der Waals surface area contributed by atoms with Gasteiger partial charge in [-0.05, 0) is 60.9 Å². The third-order valence-corrected chi connectivity index (χ3v) is 6.94. The van der Waals surface area contributed by atoms with Gasteiger partial charge in [-0.15, -0.1) is 0 Å². The summed E-state index contributed by atoms with van der Waals surface area (Å²) in [6, 6.07) is 19.0. The molecule has 0 bridgehead atoms. The van der Waals surface area contributed by atoms with Crippen LogP contribution in [0.25, 0.3) is 11.3 Å². The topological polar surface area (TPSA) is 105 Å². The molecule has 1 heterocycles. The van der Waals surface area contributed by atoms with Gasteiger partial charge in [-0.3, -0.25) is 4.79 Å². The second kappa shape index (κ2) is 11.4. The molecule has 0 atom stereocenters. The van der Waals surface area contributed by atoms with Gasteiger partial charge in [-0.1, -0.05) is 37.1 Å². The Morgan fingerprint density at radius 2 is 1.79 bits per heavy atom. The van der Waals surface area contributed by atoms with E-state index < -0.39 is 6.03 Å². The molecule has 3 N–H and O–H groups in total. The molecule has 1 fully saturated rings. The highest BCUT2D eigenvalue weighted by molar-refractivity contribution is 6.06. The number of carbonyl (C=O) groups is 2. The van der Waals surface area contributed by atoms with Crippen molar-refractivity contribution in [1.29, 1.82) is 0 Å². The van der Waals surface area contributed by atoms with Crippen molar-refractivity contribution in [2.24, 2.45) is 0 Å². The number of ether oxygens (including phenoxy) is 1. The van der Waals surface area contributed by atoms with Crippen molar-refractivity contribution in [3.8, 4) is 22.8 Å². The zero-order valence-corrected chi connectivity index (χ0v) is 21.5. The predicted octanol–water partition coefficient (Wildman–Crippen LogP) is 6.07. The standard InChI is InChI=1S/C30H29FN4O4/c1-39-28-9-5-4-8-24(28)29(37)33-22-14-15-23(27(36)16-22)25-17-26(20-6-2-3-7-20)35(34-25)30(38)32-18-19-10-12-21(31)13-11-19/h4-5,8-17,20,36H,2-3,6-7,18H2,1H3,(H,32,38)(H,33,37). The minimum Gasteiger partial charge on any atom is -0.507 e. The molecule has 3 aromatic carbocycles. The molecule has 39 heavy (non-hydrogen) atoms. The van der Waals surface area contributed by atoms with E-state index >= 15 is 0 Å². The van der Waals surface area contributed by atoms with E-state index in [4.69, 9.17) is 4.74 Å².